The van der Waals surface area contributed by atoms with Crippen LogP contribution in [0.25, 0.3) is 0 Å². The van der Waals surface area contributed by atoms with Crippen molar-refractivity contribution in [2.75, 3.05) is 0 Å². The summed E-state index contributed by atoms with van der Waals surface area (Å²) in [7, 11) is 0. The summed E-state index contributed by atoms with van der Waals surface area (Å²) in [6.45, 7) is 2.02. The molecule has 0 aromatic carbocycles. The van der Waals surface area contributed by atoms with Crippen molar-refractivity contribution >= 4 is 27.3 Å². The van der Waals surface area contributed by atoms with Crippen molar-refractivity contribution in [1.29, 1.82) is 0 Å². The number of aliphatic hydroxyl groups excluding tert-OH is 1. The maximum atomic E-state index is 9.98. The van der Waals surface area contributed by atoms with Gasteiger partial charge in [0, 0.05) is 11.3 Å². The van der Waals surface area contributed by atoms with Gasteiger partial charge >= 0.3 is 0 Å². The molecule has 0 radical (unpaired) electrons. The van der Waals surface area contributed by atoms with E-state index in [1.54, 1.807) is 23.9 Å². The molecule has 0 amide bonds. The third-order valence-corrected chi connectivity index (χ3v) is 4.45. The number of rotatable bonds is 3. The highest BCUT2D eigenvalue weighted by Gasteiger charge is 2.13. The van der Waals surface area contributed by atoms with Gasteiger partial charge in [-0.25, -0.2) is 0 Å². The molecule has 0 spiro atoms. The van der Waals surface area contributed by atoms with Crippen molar-refractivity contribution in [3.8, 4) is 0 Å². The third kappa shape index (κ3) is 2.51. The molecule has 2 heterocycles. The lowest BCUT2D eigenvalue weighted by molar-refractivity contribution is 0.182. The van der Waals surface area contributed by atoms with E-state index in [-0.39, 0.29) is 0 Å². The molecule has 0 saturated heterocycles. The minimum absolute atomic E-state index is 0.447. The van der Waals surface area contributed by atoms with Gasteiger partial charge in [0.25, 0.3) is 0 Å². The van der Waals surface area contributed by atoms with Crippen LogP contribution in [0.5, 0.6) is 0 Å². The number of aliphatic hydroxyl groups is 1. The summed E-state index contributed by atoms with van der Waals surface area (Å²) in [4.78, 5) is 0.987. The molecule has 2 rings (SSSR count). The highest BCUT2D eigenvalue weighted by atomic mass is 79.9. The van der Waals surface area contributed by atoms with Crippen molar-refractivity contribution in [2.24, 2.45) is 0 Å². The fourth-order valence-electron chi connectivity index (χ4n) is 1.38. The second-order valence-electron chi connectivity index (χ2n) is 3.46. The van der Waals surface area contributed by atoms with Gasteiger partial charge in [-0.15, -0.1) is 11.3 Å². The quantitative estimate of drug-likeness (QED) is 0.934. The zero-order chi connectivity index (χ0) is 10.8. The van der Waals surface area contributed by atoms with Gasteiger partial charge in [-0.1, -0.05) is 0 Å². The lowest BCUT2D eigenvalue weighted by Gasteiger charge is -2.05. The molecule has 15 heavy (non-hydrogen) atoms. The fraction of sp³-hybridized carbons (Fsp3) is 0.273. The van der Waals surface area contributed by atoms with E-state index in [1.807, 2.05) is 19.1 Å². The van der Waals surface area contributed by atoms with Crippen LogP contribution in [0.1, 0.15) is 22.1 Å². The van der Waals surface area contributed by atoms with Crippen LogP contribution in [0.15, 0.2) is 32.9 Å². The van der Waals surface area contributed by atoms with E-state index in [1.165, 1.54) is 5.56 Å². The molecular formula is C11H11BrO2S. The van der Waals surface area contributed by atoms with Crippen LogP contribution < -0.4 is 0 Å². The van der Waals surface area contributed by atoms with Crippen molar-refractivity contribution in [3.05, 3.63) is 44.4 Å². The highest BCUT2D eigenvalue weighted by Crippen LogP contribution is 2.32. The monoisotopic (exact) mass is 286 g/mol. The Morgan fingerprint density at radius 2 is 2.40 bits per heavy atom. The molecule has 0 aliphatic carbocycles. The van der Waals surface area contributed by atoms with Crippen molar-refractivity contribution < 1.29 is 9.52 Å². The van der Waals surface area contributed by atoms with Gasteiger partial charge in [0.05, 0.1) is 22.4 Å². The van der Waals surface area contributed by atoms with Gasteiger partial charge < -0.3 is 9.52 Å². The average molecular weight is 287 g/mol. The fourth-order valence-corrected chi connectivity index (χ4v) is 2.94. The van der Waals surface area contributed by atoms with Gasteiger partial charge in [-0.3, -0.25) is 0 Å². The molecule has 2 nitrogen and oxygen atoms in total. The molecule has 1 N–H and O–H groups in total. The molecule has 0 saturated carbocycles. The largest absolute Gasteiger partial charge is 0.472 e. The summed E-state index contributed by atoms with van der Waals surface area (Å²) in [6, 6.07) is 3.89. The first-order chi connectivity index (χ1) is 7.16. The van der Waals surface area contributed by atoms with Crippen LogP contribution in [0.2, 0.25) is 0 Å². The lowest BCUT2D eigenvalue weighted by atomic mass is 10.1. The highest BCUT2D eigenvalue weighted by molar-refractivity contribution is 9.11. The lowest BCUT2D eigenvalue weighted by Crippen LogP contribution is -1.98. The van der Waals surface area contributed by atoms with Crippen LogP contribution in [0.4, 0.5) is 0 Å². The van der Waals surface area contributed by atoms with E-state index in [0.29, 0.717) is 6.42 Å². The van der Waals surface area contributed by atoms with Crippen LogP contribution in [0, 0.1) is 6.92 Å². The van der Waals surface area contributed by atoms with Crippen LogP contribution in [0.3, 0.4) is 0 Å². The predicted molar refractivity (Wildman–Crippen MR) is 64.1 cm³/mol. The number of hydrogen-bond acceptors (Lipinski definition) is 3. The molecule has 0 fully saturated rings. The van der Waals surface area contributed by atoms with Gasteiger partial charge in [0.15, 0.2) is 0 Å². The van der Waals surface area contributed by atoms with E-state index < -0.39 is 6.10 Å². The van der Waals surface area contributed by atoms with Gasteiger partial charge in [0.1, 0.15) is 0 Å². The predicted octanol–water partition coefficient (Wildman–Crippen LogP) is 3.69. The molecule has 0 aliphatic heterocycles. The van der Waals surface area contributed by atoms with E-state index in [4.69, 9.17) is 4.42 Å². The molecule has 2 aromatic rings. The molecule has 1 unspecified atom stereocenters. The first kappa shape index (κ1) is 10.9. The topological polar surface area (TPSA) is 33.4 Å². The summed E-state index contributed by atoms with van der Waals surface area (Å²) >= 11 is 5.03. The number of halogens is 1. The minimum atomic E-state index is -0.447. The third-order valence-electron chi connectivity index (χ3n) is 2.21. The Bertz CT molecular complexity index is 414. The number of thiophene rings is 1. The first-order valence-electron chi connectivity index (χ1n) is 4.62. The maximum Gasteiger partial charge on any atom is 0.0935 e. The normalized spacial score (nSPS) is 13.0. The molecule has 0 bridgehead atoms. The Morgan fingerprint density at radius 1 is 1.60 bits per heavy atom. The molecular weight excluding hydrogens is 276 g/mol. The molecule has 1 atom stereocenters. The summed E-state index contributed by atoms with van der Waals surface area (Å²) < 4.78 is 6.05. The van der Waals surface area contributed by atoms with E-state index in [2.05, 4.69) is 15.9 Å². The summed E-state index contributed by atoms with van der Waals surface area (Å²) in [5.74, 6) is 0. The minimum Gasteiger partial charge on any atom is -0.472 e. The Balaban J connectivity index is 2.11. The number of aryl methyl sites for hydroxylation is 1. The Morgan fingerprint density at radius 3 is 2.93 bits per heavy atom. The van der Waals surface area contributed by atoms with E-state index >= 15 is 0 Å². The average Bonchev–Trinajstić information content (AvgIpc) is 2.78. The molecule has 4 heteroatoms. The second-order valence-corrected chi connectivity index (χ2v) is 5.86. The zero-order valence-electron chi connectivity index (χ0n) is 8.24. The summed E-state index contributed by atoms with van der Waals surface area (Å²) in [5.41, 5.74) is 2.19. The van der Waals surface area contributed by atoms with Crippen molar-refractivity contribution in [2.45, 2.75) is 19.4 Å². The Hall–Kier alpha value is -0.580. The number of furan rings is 1. The van der Waals surface area contributed by atoms with Gasteiger partial charge in [-0.2, -0.15) is 0 Å². The second kappa shape index (κ2) is 4.51. The standard InChI is InChI=1S/C11H11BrO2S/c1-7-4-10(15-11(7)12)9(13)5-8-2-3-14-6-8/h2-4,6,9,13H,5H2,1H3. The molecule has 2 aromatic heterocycles. The van der Waals surface area contributed by atoms with Gasteiger partial charge in [-0.05, 0) is 46.1 Å². The van der Waals surface area contributed by atoms with E-state index in [9.17, 15) is 5.11 Å². The Labute approximate surface area is 101 Å². The van der Waals surface area contributed by atoms with Gasteiger partial charge in [0.2, 0.25) is 0 Å². The van der Waals surface area contributed by atoms with Crippen molar-refractivity contribution in [1.82, 2.24) is 0 Å². The summed E-state index contributed by atoms with van der Waals surface area (Å²) in [5, 5.41) is 9.98. The molecule has 80 valence electrons. The Kier molecular flexibility index (Phi) is 3.29. The smallest absolute Gasteiger partial charge is 0.0935 e. The van der Waals surface area contributed by atoms with E-state index in [0.717, 1.165) is 14.2 Å². The van der Waals surface area contributed by atoms with Crippen LogP contribution in [-0.2, 0) is 6.42 Å². The molecule has 0 aliphatic rings. The summed E-state index contributed by atoms with van der Waals surface area (Å²) in [6.07, 6.45) is 3.44. The first-order valence-corrected chi connectivity index (χ1v) is 6.22. The van der Waals surface area contributed by atoms with Crippen LogP contribution in [-0.4, -0.2) is 5.11 Å². The SMILES string of the molecule is Cc1cc(C(O)Cc2ccoc2)sc1Br. The van der Waals surface area contributed by atoms with Crippen LogP contribution >= 0.6 is 27.3 Å². The number of hydrogen-bond donors (Lipinski definition) is 1. The zero-order valence-corrected chi connectivity index (χ0v) is 10.6. The maximum absolute atomic E-state index is 9.98. The van der Waals surface area contributed by atoms with Crippen molar-refractivity contribution in [3.63, 3.8) is 0 Å².